The molecule has 0 aliphatic carbocycles. The Bertz CT molecular complexity index is 540. The third kappa shape index (κ3) is 4.32. The van der Waals surface area contributed by atoms with Crippen LogP contribution in [0.25, 0.3) is 0 Å². The average Bonchev–Trinajstić information content (AvgIpc) is 3.09. The molecule has 2 saturated heterocycles. The van der Waals surface area contributed by atoms with E-state index in [1.54, 1.807) is 0 Å². The van der Waals surface area contributed by atoms with Crippen molar-refractivity contribution in [3.8, 4) is 0 Å². The number of hydrogen-bond acceptors (Lipinski definition) is 3. The van der Waals surface area contributed by atoms with E-state index in [0.29, 0.717) is 13.0 Å². The van der Waals surface area contributed by atoms with E-state index in [4.69, 9.17) is 0 Å². The van der Waals surface area contributed by atoms with Crippen LogP contribution in [0.2, 0.25) is 0 Å². The maximum absolute atomic E-state index is 12.5. The zero-order valence-corrected chi connectivity index (χ0v) is 13.5. The van der Waals surface area contributed by atoms with Gasteiger partial charge in [0.25, 0.3) is 0 Å². The van der Waals surface area contributed by atoms with Gasteiger partial charge in [-0.3, -0.25) is 9.59 Å². The average molecular weight is 315 g/mol. The first kappa shape index (κ1) is 16.0. The lowest BCUT2D eigenvalue weighted by molar-refractivity contribution is -0.135. The Kier molecular flexibility index (Phi) is 5.28. The number of amides is 2. The van der Waals surface area contributed by atoms with Gasteiger partial charge in [-0.15, -0.1) is 0 Å². The molecule has 2 unspecified atom stereocenters. The minimum absolute atomic E-state index is 0.0657. The molecule has 124 valence electrons. The summed E-state index contributed by atoms with van der Waals surface area (Å²) >= 11 is 0. The van der Waals surface area contributed by atoms with E-state index in [9.17, 15) is 9.59 Å². The van der Waals surface area contributed by atoms with Crippen molar-refractivity contribution < 1.29 is 9.59 Å². The predicted molar refractivity (Wildman–Crippen MR) is 88.9 cm³/mol. The fourth-order valence-electron chi connectivity index (χ4n) is 3.40. The molecule has 1 aromatic carbocycles. The molecule has 1 aromatic rings. The quantitative estimate of drug-likeness (QED) is 0.869. The summed E-state index contributed by atoms with van der Waals surface area (Å²) in [6, 6.07) is 10.0. The lowest BCUT2D eigenvalue weighted by Gasteiger charge is -2.32. The summed E-state index contributed by atoms with van der Waals surface area (Å²) in [6.45, 7) is 3.14. The number of benzene rings is 1. The fraction of sp³-hybridized carbons (Fsp3) is 0.556. The molecular weight excluding hydrogens is 290 g/mol. The van der Waals surface area contributed by atoms with Crippen molar-refractivity contribution >= 4 is 11.8 Å². The van der Waals surface area contributed by atoms with Crippen molar-refractivity contribution in [2.75, 3.05) is 26.2 Å². The summed E-state index contributed by atoms with van der Waals surface area (Å²) in [6.07, 6.45) is 3.19. The number of hydrogen-bond donors (Lipinski definition) is 2. The Hall–Kier alpha value is -1.88. The molecule has 2 N–H and O–H groups in total. The van der Waals surface area contributed by atoms with Gasteiger partial charge in [-0.25, -0.2) is 0 Å². The number of nitrogens with zero attached hydrogens (tertiary/aromatic N) is 1. The predicted octanol–water partition coefficient (Wildman–Crippen LogP) is 0.946. The first-order valence-corrected chi connectivity index (χ1v) is 8.55. The minimum Gasteiger partial charge on any atom is -0.352 e. The van der Waals surface area contributed by atoms with Crippen LogP contribution in [-0.2, 0) is 16.0 Å². The van der Waals surface area contributed by atoms with E-state index in [1.807, 2.05) is 35.2 Å². The zero-order chi connectivity index (χ0) is 16.1. The molecule has 2 heterocycles. The highest BCUT2D eigenvalue weighted by atomic mass is 16.2. The first-order chi connectivity index (χ1) is 11.2. The standard InChI is InChI=1S/C18H25N3O2/c22-17(11-14-5-2-1-3-6-14)21-10-4-7-15(13-21)18(23)20-16-8-9-19-12-16/h1-3,5-6,15-16,19H,4,7-13H2,(H,20,23). The van der Waals surface area contributed by atoms with Crippen LogP contribution in [-0.4, -0.2) is 48.9 Å². The van der Waals surface area contributed by atoms with Gasteiger partial charge in [-0.1, -0.05) is 30.3 Å². The van der Waals surface area contributed by atoms with Crippen LogP contribution in [0, 0.1) is 5.92 Å². The van der Waals surface area contributed by atoms with Gasteiger partial charge in [-0.05, 0) is 31.4 Å². The normalized spacial score (nSPS) is 24.4. The van der Waals surface area contributed by atoms with Crippen LogP contribution < -0.4 is 10.6 Å². The van der Waals surface area contributed by atoms with E-state index in [0.717, 1.165) is 44.5 Å². The number of carbonyl (C=O) groups is 2. The molecule has 23 heavy (non-hydrogen) atoms. The van der Waals surface area contributed by atoms with Gasteiger partial charge in [0.1, 0.15) is 0 Å². The molecule has 2 aliphatic rings. The zero-order valence-electron chi connectivity index (χ0n) is 13.5. The minimum atomic E-state index is -0.0657. The molecule has 0 bridgehead atoms. The van der Waals surface area contributed by atoms with Crippen molar-refractivity contribution in [1.82, 2.24) is 15.5 Å². The lowest BCUT2D eigenvalue weighted by atomic mass is 9.96. The van der Waals surface area contributed by atoms with Crippen LogP contribution in [0.1, 0.15) is 24.8 Å². The van der Waals surface area contributed by atoms with E-state index in [1.165, 1.54) is 0 Å². The highest BCUT2D eigenvalue weighted by Gasteiger charge is 2.29. The molecule has 5 nitrogen and oxygen atoms in total. The second-order valence-electron chi connectivity index (χ2n) is 6.54. The fourth-order valence-corrected chi connectivity index (χ4v) is 3.40. The first-order valence-electron chi connectivity index (χ1n) is 8.55. The number of rotatable bonds is 4. The van der Waals surface area contributed by atoms with Gasteiger partial charge in [-0.2, -0.15) is 0 Å². The Morgan fingerprint density at radius 2 is 2.04 bits per heavy atom. The van der Waals surface area contributed by atoms with Crippen molar-refractivity contribution in [1.29, 1.82) is 0 Å². The summed E-state index contributed by atoms with van der Waals surface area (Å²) in [4.78, 5) is 26.7. The van der Waals surface area contributed by atoms with E-state index >= 15 is 0 Å². The summed E-state index contributed by atoms with van der Waals surface area (Å²) in [5.41, 5.74) is 1.03. The summed E-state index contributed by atoms with van der Waals surface area (Å²) in [7, 11) is 0. The lowest BCUT2D eigenvalue weighted by Crippen LogP contribution is -2.48. The van der Waals surface area contributed by atoms with Gasteiger partial charge in [0, 0.05) is 25.7 Å². The van der Waals surface area contributed by atoms with Gasteiger partial charge in [0.05, 0.1) is 12.3 Å². The molecule has 2 aliphatic heterocycles. The molecule has 0 aromatic heterocycles. The number of piperidine rings is 1. The maximum atomic E-state index is 12.5. The van der Waals surface area contributed by atoms with Crippen molar-refractivity contribution in [3.05, 3.63) is 35.9 Å². The highest BCUT2D eigenvalue weighted by molar-refractivity contribution is 5.82. The summed E-state index contributed by atoms with van der Waals surface area (Å²) < 4.78 is 0. The van der Waals surface area contributed by atoms with Gasteiger partial charge >= 0.3 is 0 Å². The van der Waals surface area contributed by atoms with Crippen molar-refractivity contribution in [2.45, 2.75) is 31.7 Å². The molecule has 0 saturated carbocycles. The van der Waals surface area contributed by atoms with E-state index < -0.39 is 0 Å². The van der Waals surface area contributed by atoms with E-state index in [-0.39, 0.29) is 23.8 Å². The van der Waals surface area contributed by atoms with Crippen LogP contribution in [0.4, 0.5) is 0 Å². The largest absolute Gasteiger partial charge is 0.352 e. The number of nitrogens with one attached hydrogen (secondary N) is 2. The molecule has 2 fully saturated rings. The topological polar surface area (TPSA) is 61.4 Å². The molecule has 5 heteroatoms. The third-order valence-corrected chi connectivity index (χ3v) is 4.75. The van der Waals surface area contributed by atoms with Gasteiger partial charge in [0.15, 0.2) is 0 Å². The van der Waals surface area contributed by atoms with Crippen LogP contribution >= 0.6 is 0 Å². The van der Waals surface area contributed by atoms with Gasteiger partial charge < -0.3 is 15.5 Å². The summed E-state index contributed by atoms with van der Waals surface area (Å²) in [5.74, 6) is 0.163. The molecule has 3 rings (SSSR count). The number of likely N-dealkylation sites (tertiary alicyclic amines) is 1. The van der Waals surface area contributed by atoms with Crippen molar-refractivity contribution in [2.24, 2.45) is 5.92 Å². The molecular formula is C18H25N3O2. The Morgan fingerprint density at radius 3 is 2.78 bits per heavy atom. The van der Waals surface area contributed by atoms with Crippen LogP contribution in [0.15, 0.2) is 30.3 Å². The maximum Gasteiger partial charge on any atom is 0.227 e. The SMILES string of the molecule is O=C(NC1CCNC1)C1CCCN(C(=O)Cc2ccccc2)C1. The van der Waals surface area contributed by atoms with Crippen molar-refractivity contribution in [3.63, 3.8) is 0 Å². The Labute approximate surface area is 137 Å². The highest BCUT2D eigenvalue weighted by Crippen LogP contribution is 2.18. The molecule has 2 amide bonds. The second kappa shape index (κ2) is 7.59. The summed E-state index contributed by atoms with van der Waals surface area (Å²) in [5, 5.41) is 6.37. The molecule has 2 atom stereocenters. The number of carbonyl (C=O) groups excluding carboxylic acids is 2. The van der Waals surface area contributed by atoms with Gasteiger partial charge in [0.2, 0.25) is 11.8 Å². The monoisotopic (exact) mass is 315 g/mol. The van der Waals surface area contributed by atoms with Crippen LogP contribution in [0.3, 0.4) is 0 Å². The second-order valence-corrected chi connectivity index (χ2v) is 6.54. The molecule has 0 radical (unpaired) electrons. The molecule has 0 spiro atoms. The van der Waals surface area contributed by atoms with E-state index in [2.05, 4.69) is 10.6 Å². The smallest absolute Gasteiger partial charge is 0.227 e. The Morgan fingerprint density at radius 1 is 1.22 bits per heavy atom. The Balaban J connectivity index is 1.52. The third-order valence-electron chi connectivity index (χ3n) is 4.75. The van der Waals surface area contributed by atoms with Crippen LogP contribution in [0.5, 0.6) is 0 Å².